The van der Waals surface area contributed by atoms with Gasteiger partial charge >= 0.3 is 0 Å². The molecule has 2 aromatic carbocycles. The molecule has 7 heteroatoms. The summed E-state index contributed by atoms with van der Waals surface area (Å²) in [5.74, 6) is 1.43. The van der Waals surface area contributed by atoms with Crippen molar-refractivity contribution < 1.29 is 28.2 Å². The van der Waals surface area contributed by atoms with Crippen molar-refractivity contribution >= 4 is 23.2 Å². The molecule has 0 N–H and O–H groups in total. The Morgan fingerprint density at radius 1 is 0.872 bits per heavy atom. The van der Waals surface area contributed by atoms with Gasteiger partial charge in [-0.3, -0.25) is 9.59 Å². The van der Waals surface area contributed by atoms with Gasteiger partial charge in [0.25, 0.3) is 0 Å². The molecule has 2 aliphatic carbocycles. The predicted octanol–water partition coefficient (Wildman–Crippen LogP) is 7.86. The molecule has 0 unspecified atom stereocenters. The second-order valence-corrected chi connectivity index (χ2v) is 12.7. The van der Waals surface area contributed by atoms with Crippen LogP contribution in [0.15, 0.2) is 59.1 Å². The number of hydrogen-bond acceptors (Lipinski definition) is 5. The van der Waals surface area contributed by atoms with Crippen molar-refractivity contribution in [3.63, 3.8) is 0 Å². The molecule has 0 aromatic heterocycles. The van der Waals surface area contributed by atoms with Gasteiger partial charge in [0.2, 0.25) is 0 Å². The van der Waals surface area contributed by atoms with E-state index in [-0.39, 0.29) is 34.0 Å². The highest BCUT2D eigenvalue weighted by Crippen LogP contribution is 2.53. The second kappa shape index (κ2) is 10.1. The molecule has 5 nitrogen and oxygen atoms in total. The third-order valence-electron chi connectivity index (χ3n) is 7.58. The van der Waals surface area contributed by atoms with Crippen LogP contribution in [0.2, 0.25) is 5.02 Å². The number of rotatable bonds is 6. The molecular formula is C32H34ClFO5. The van der Waals surface area contributed by atoms with Crippen LogP contribution < -0.4 is 9.47 Å². The highest BCUT2D eigenvalue weighted by atomic mass is 35.5. The molecule has 39 heavy (non-hydrogen) atoms. The minimum Gasteiger partial charge on any atom is -0.490 e. The van der Waals surface area contributed by atoms with Crippen LogP contribution in [0.5, 0.6) is 11.5 Å². The van der Waals surface area contributed by atoms with E-state index in [0.29, 0.717) is 72.0 Å². The van der Waals surface area contributed by atoms with Crippen molar-refractivity contribution in [2.45, 2.75) is 72.8 Å². The zero-order valence-electron chi connectivity index (χ0n) is 23.1. The predicted molar refractivity (Wildman–Crippen MR) is 147 cm³/mol. The van der Waals surface area contributed by atoms with E-state index in [0.717, 1.165) is 5.56 Å². The van der Waals surface area contributed by atoms with E-state index in [2.05, 4.69) is 27.7 Å². The zero-order chi connectivity index (χ0) is 28.1. The molecule has 1 aliphatic heterocycles. The third kappa shape index (κ3) is 5.49. The summed E-state index contributed by atoms with van der Waals surface area (Å²) in [7, 11) is 0. The molecule has 0 amide bonds. The van der Waals surface area contributed by atoms with Gasteiger partial charge in [0, 0.05) is 48.3 Å². The SMILES string of the molecule is CCOc1cc(C2C3=C(CC(C)(C)CC3=O)OC3=C2C(=O)CC(C)(C)C3)ccc1OCc1ccc(F)cc1Cl. The van der Waals surface area contributed by atoms with E-state index >= 15 is 0 Å². The number of carbonyl (C=O) groups excluding carboxylic acids is 2. The van der Waals surface area contributed by atoms with Crippen molar-refractivity contribution in [3.05, 3.63) is 81.0 Å². The van der Waals surface area contributed by atoms with E-state index in [1.165, 1.54) is 12.1 Å². The van der Waals surface area contributed by atoms with Crippen LogP contribution in [-0.4, -0.2) is 18.2 Å². The smallest absolute Gasteiger partial charge is 0.163 e. The van der Waals surface area contributed by atoms with Crippen LogP contribution in [0.25, 0.3) is 0 Å². The molecule has 0 spiro atoms. The molecule has 0 saturated carbocycles. The summed E-state index contributed by atoms with van der Waals surface area (Å²) in [5.41, 5.74) is 2.15. The maximum absolute atomic E-state index is 13.6. The summed E-state index contributed by atoms with van der Waals surface area (Å²) in [5, 5.41) is 0.281. The molecule has 3 aliphatic rings. The largest absolute Gasteiger partial charge is 0.490 e. The van der Waals surface area contributed by atoms with Gasteiger partial charge in [0.05, 0.1) is 11.6 Å². The average Bonchev–Trinajstić information content (AvgIpc) is 2.81. The highest BCUT2D eigenvalue weighted by Gasteiger charge is 2.47. The van der Waals surface area contributed by atoms with Crippen LogP contribution in [0.3, 0.4) is 0 Å². The van der Waals surface area contributed by atoms with Crippen molar-refractivity contribution in [3.8, 4) is 11.5 Å². The second-order valence-electron chi connectivity index (χ2n) is 12.3. The van der Waals surface area contributed by atoms with Crippen molar-refractivity contribution in [2.75, 3.05) is 6.61 Å². The summed E-state index contributed by atoms with van der Waals surface area (Å²) in [6.45, 7) is 10.7. The molecule has 0 saturated heterocycles. The number of ether oxygens (including phenoxy) is 3. The summed E-state index contributed by atoms with van der Waals surface area (Å²) in [6.07, 6.45) is 2.06. The summed E-state index contributed by atoms with van der Waals surface area (Å²) in [6, 6.07) is 9.71. The van der Waals surface area contributed by atoms with Crippen molar-refractivity contribution in [1.82, 2.24) is 0 Å². The van der Waals surface area contributed by atoms with Crippen LogP contribution in [-0.2, 0) is 20.9 Å². The van der Waals surface area contributed by atoms with E-state index in [1.807, 2.05) is 19.1 Å². The molecular weight excluding hydrogens is 519 g/mol. The van der Waals surface area contributed by atoms with E-state index in [4.69, 9.17) is 25.8 Å². The Bertz CT molecular complexity index is 1370. The average molecular weight is 553 g/mol. The lowest BCUT2D eigenvalue weighted by molar-refractivity contribution is -0.120. The molecule has 0 bridgehead atoms. The van der Waals surface area contributed by atoms with E-state index in [9.17, 15) is 14.0 Å². The topological polar surface area (TPSA) is 61.8 Å². The van der Waals surface area contributed by atoms with Gasteiger partial charge in [0.15, 0.2) is 23.1 Å². The van der Waals surface area contributed by atoms with Crippen molar-refractivity contribution in [1.29, 1.82) is 0 Å². The van der Waals surface area contributed by atoms with Crippen molar-refractivity contribution in [2.24, 2.45) is 10.8 Å². The minimum atomic E-state index is -0.518. The number of hydrogen-bond donors (Lipinski definition) is 0. The fraction of sp³-hybridized carbons (Fsp3) is 0.438. The molecule has 5 rings (SSSR count). The lowest BCUT2D eigenvalue weighted by Gasteiger charge is -2.42. The van der Waals surface area contributed by atoms with Gasteiger partial charge in [-0.2, -0.15) is 0 Å². The molecule has 206 valence electrons. The molecule has 0 radical (unpaired) electrons. The number of halogens is 2. The van der Waals surface area contributed by atoms with Gasteiger partial charge < -0.3 is 14.2 Å². The molecule has 0 atom stereocenters. The van der Waals surface area contributed by atoms with Gasteiger partial charge in [-0.05, 0) is 47.6 Å². The first-order valence-electron chi connectivity index (χ1n) is 13.4. The first-order valence-corrected chi connectivity index (χ1v) is 13.8. The first-order chi connectivity index (χ1) is 18.4. The van der Waals surface area contributed by atoms with Crippen LogP contribution in [0.4, 0.5) is 4.39 Å². The lowest BCUT2D eigenvalue weighted by Crippen LogP contribution is -2.37. The van der Waals surface area contributed by atoms with Crippen LogP contribution in [0, 0.1) is 16.6 Å². The summed E-state index contributed by atoms with van der Waals surface area (Å²) >= 11 is 6.18. The Hall–Kier alpha value is -3.12. The summed E-state index contributed by atoms with van der Waals surface area (Å²) < 4.78 is 31.8. The fourth-order valence-electron chi connectivity index (χ4n) is 5.89. The molecule has 0 fully saturated rings. The van der Waals surface area contributed by atoms with Gasteiger partial charge in [-0.25, -0.2) is 4.39 Å². The Morgan fingerprint density at radius 2 is 1.49 bits per heavy atom. The zero-order valence-corrected chi connectivity index (χ0v) is 23.8. The number of allylic oxidation sites excluding steroid dienone is 4. The fourth-order valence-corrected chi connectivity index (χ4v) is 6.12. The standard InChI is InChI=1S/C32H34ClFO5/c1-6-37-25-11-18(8-10-24(25)38-17-19-7-9-20(34)12-21(19)33)28-29-22(35)13-31(2,3)15-26(29)39-27-16-32(4,5)14-23(36)30(27)28/h7-12,28H,6,13-17H2,1-5H3. The Kier molecular flexibility index (Phi) is 7.13. The first kappa shape index (κ1) is 27.4. The monoisotopic (exact) mass is 552 g/mol. The van der Waals surface area contributed by atoms with Gasteiger partial charge in [0.1, 0.15) is 23.9 Å². The molecule has 1 heterocycles. The Labute approximate surface area is 234 Å². The minimum absolute atomic E-state index is 0.0136. The number of carbonyl (C=O) groups is 2. The van der Waals surface area contributed by atoms with E-state index in [1.54, 1.807) is 12.1 Å². The number of ketones is 2. The van der Waals surface area contributed by atoms with Crippen LogP contribution >= 0.6 is 11.6 Å². The van der Waals surface area contributed by atoms with Gasteiger partial charge in [-0.15, -0.1) is 0 Å². The maximum atomic E-state index is 13.6. The molecule has 2 aromatic rings. The van der Waals surface area contributed by atoms with Crippen LogP contribution in [0.1, 0.15) is 77.3 Å². The Balaban J connectivity index is 1.56. The number of Topliss-reactive ketones (excluding diaryl/α,β-unsaturated/α-hetero) is 2. The third-order valence-corrected chi connectivity index (χ3v) is 7.93. The normalized spacial score (nSPS) is 20.4. The maximum Gasteiger partial charge on any atom is 0.163 e. The lowest BCUT2D eigenvalue weighted by atomic mass is 9.65. The van der Waals surface area contributed by atoms with E-state index < -0.39 is 11.7 Å². The van der Waals surface area contributed by atoms with Gasteiger partial charge in [-0.1, -0.05) is 51.4 Å². The summed E-state index contributed by atoms with van der Waals surface area (Å²) in [4.78, 5) is 27.1. The highest BCUT2D eigenvalue weighted by molar-refractivity contribution is 6.31. The number of benzene rings is 2. The Morgan fingerprint density at radius 3 is 2.05 bits per heavy atom. The quantitative estimate of drug-likeness (QED) is 0.365.